The van der Waals surface area contributed by atoms with Crippen molar-refractivity contribution in [2.24, 2.45) is 0 Å². The molecule has 36 heavy (non-hydrogen) atoms. The second kappa shape index (κ2) is 10.7. The van der Waals surface area contributed by atoms with E-state index < -0.39 is 5.54 Å². The van der Waals surface area contributed by atoms with Gasteiger partial charge in [0.2, 0.25) is 0 Å². The van der Waals surface area contributed by atoms with Gasteiger partial charge in [0.1, 0.15) is 6.29 Å². The van der Waals surface area contributed by atoms with Gasteiger partial charge in [-0.25, -0.2) is 4.98 Å². The molecule has 2 fully saturated rings. The molecule has 0 aliphatic carbocycles. The molecule has 5 rings (SSSR count). The average Bonchev–Trinajstić information content (AvgIpc) is 3.32. The van der Waals surface area contributed by atoms with E-state index in [1.54, 1.807) is 6.07 Å². The van der Waals surface area contributed by atoms with E-state index in [0.717, 1.165) is 67.5 Å². The minimum absolute atomic E-state index is 0.0143. The average molecular weight is 531 g/mol. The molecule has 2 aliphatic heterocycles. The van der Waals surface area contributed by atoms with Crippen molar-refractivity contribution in [3.63, 3.8) is 0 Å². The summed E-state index contributed by atoms with van der Waals surface area (Å²) in [6.07, 6.45) is 5.95. The number of carbonyl (C=O) groups excluding carboxylic acids is 1. The molecule has 1 aromatic heterocycles. The number of nitrogens with one attached hydrogen (secondary N) is 1. The Balaban J connectivity index is 1.36. The lowest BCUT2D eigenvalue weighted by Gasteiger charge is -2.46. The SMILES string of the molecule is CC(c1ccc(Cl)cc1Cl)n1cnc2ccc(N3CCN(CC4(C=O)CCCCN4)[C@H](CO)C3)cc21. The highest BCUT2D eigenvalue weighted by molar-refractivity contribution is 6.35. The molecule has 0 spiro atoms. The fraction of sp³-hybridized carbons (Fsp3) is 0.481. The van der Waals surface area contributed by atoms with Gasteiger partial charge in [-0.2, -0.15) is 0 Å². The third-order valence-corrected chi connectivity index (χ3v) is 8.37. The summed E-state index contributed by atoms with van der Waals surface area (Å²) in [6.45, 7) is 5.98. The van der Waals surface area contributed by atoms with Crippen LogP contribution in [0.5, 0.6) is 0 Å². The molecule has 2 saturated heterocycles. The maximum Gasteiger partial charge on any atom is 0.141 e. The summed E-state index contributed by atoms with van der Waals surface area (Å²) in [6, 6.07) is 11.9. The molecule has 7 nitrogen and oxygen atoms in total. The number of anilines is 1. The minimum Gasteiger partial charge on any atom is -0.395 e. The molecular weight excluding hydrogens is 497 g/mol. The maximum atomic E-state index is 12.0. The number of rotatable bonds is 7. The molecule has 2 aromatic carbocycles. The predicted octanol–water partition coefficient (Wildman–Crippen LogP) is 4.15. The number of halogens is 2. The normalized spacial score (nSPS) is 24.2. The van der Waals surface area contributed by atoms with Crippen molar-refractivity contribution in [2.45, 2.75) is 43.8 Å². The third-order valence-electron chi connectivity index (χ3n) is 7.81. The molecule has 2 unspecified atom stereocenters. The monoisotopic (exact) mass is 529 g/mol. The van der Waals surface area contributed by atoms with E-state index >= 15 is 0 Å². The number of piperazine rings is 1. The number of imidazole rings is 1. The molecule has 9 heteroatoms. The van der Waals surface area contributed by atoms with E-state index in [-0.39, 0.29) is 18.7 Å². The van der Waals surface area contributed by atoms with Crippen molar-refractivity contribution in [1.82, 2.24) is 19.8 Å². The number of fused-ring (bicyclic) bond motifs is 1. The van der Waals surface area contributed by atoms with Crippen LogP contribution in [0, 0.1) is 0 Å². The Bertz CT molecular complexity index is 1230. The number of aromatic nitrogens is 2. The smallest absolute Gasteiger partial charge is 0.141 e. The molecule has 0 amide bonds. The Morgan fingerprint density at radius 1 is 1.22 bits per heavy atom. The van der Waals surface area contributed by atoms with Gasteiger partial charge < -0.3 is 24.7 Å². The van der Waals surface area contributed by atoms with Crippen LogP contribution in [0.1, 0.15) is 37.8 Å². The molecular formula is C27H33Cl2N5O2. The van der Waals surface area contributed by atoms with E-state index in [2.05, 4.69) is 43.7 Å². The summed E-state index contributed by atoms with van der Waals surface area (Å²) < 4.78 is 2.14. The van der Waals surface area contributed by atoms with Crippen molar-refractivity contribution in [3.8, 4) is 0 Å². The zero-order chi connectivity index (χ0) is 25.3. The molecule has 2 aliphatic rings. The first kappa shape index (κ1) is 25.5. The van der Waals surface area contributed by atoms with Gasteiger partial charge >= 0.3 is 0 Å². The first-order valence-corrected chi connectivity index (χ1v) is 13.4. The van der Waals surface area contributed by atoms with Gasteiger partial charge in [0.05, 0.1) is 41.6 Å². The Morgan fingerprint density at radius 3 is 2.81 bits per heavy atom. The highest BCUT2D eigenvalue weighted by atomic mass is 35.5. The number of benzene rings is 2. The van der Waals surface area contributed by atoms with Gasteiger partial charge in [-0.05, 0) is 68.6 Å². The summed E-state index contributed by atoms with van der Waals surface area (Å²) in [5, 5.41) is 14.9. The van der Waals surface area contributed by atoms with Gasteiger partial charge in [-0.1, -0.05) is 29.3 Å². The van der Waals surface area contributed by atoms with Gasteiger partial charge in [-0.15, -0.1) is 0 Å². The summed E-state index contributed by atoms with van der Waals surface area (Å²) in [4.78, 5) is 21.2. The van der Waals surface area contributed by atoms with Crippen LogP contribution in [0.3, 0.4) is 0 Å². The van der Waals surface area contributed by atoms with Crippen molar-refractivity contribution < 1.29 is 9.90 Å². The molecule has 3 atom stereocenters. The summed E-state index contributed by atoms with van der Waals surface area (Å²) in [5.41, 5.74) is 3.53. The highest BCUT2D eigenvalue weighted by Gasteiger charge is 2.37. The standard InChI is InChI=1S/C27H33Cl2N5O2/c1-19(23-6-4-20(28)12-24(23)29)34-18-30-25-7-5-21(13-26(25)34)32-10-11-33(22(14-32)15-35)16-27(17-36)8-2-3-9-31-27/h4-7,12-13,17-19,22,31,35H,2-3,8-11,14-16H2,1H3/t19?,22-,27?/m0/s1. The lowest BCUT2D eigenvalue weighted by Crippen LogP contribution is -2.63. The van der Waals surface area contributed by atoms with E-state index in [4.69, 9.17) is 23.2 Å². The number of piperidine rings is 1. The number of carbonyl (C=O) groups is 1. The van der Waals surface area contributed by atoms with Gasteiger partial charge in [0.25, 0.3) is 0 Å². The van der Waals surface area contributed by atoms with Crippen LogP contribution in [0.4, 0.5) is 5.69 Å². The van der Waals surface area contributed by atoms with E-state index in [0.29, 0.717) is 23.1 Å². The molecule has 0 saturated carbocycles. The molecule has 3 heterocycles. The van der Waals surface area contributed by atoms with Gasteiger partial charge in [0, 0.05) is 41.9 Å². The Morgan fingerprint density at radius 2 is 2.08 bits per heavy atom. The molecule has 0 radical (unpaired) electrons. The quantitative estimate of drug-likeness (QED) is 0.448. The summed E-state index contributed by atoms with van der Waals surface area (Å²) in [5.74, 6) is 0. The zero-order valence-corrected chi connectivity index (χ0v) is 22.0. The van der Waals surface area contributed by atoms with Crippen LogP contribution < -0.4 is 10.2 Å². The van der Waals surface area contributed by atoms with E-state index in [1.807, 2.05) is 24.5 Å². The number of hydrogen-bond donors (Lipinski definition) is 2. The zero-order valence-electron chi connectivity index (χ0n) is 20.5. The summed E-state index contributed by atoms with van der Waals surface area (Å²) in [7, 11) is 0. The van der Waals surface area contributed by atoms with Gasteiger partial charge in [-0.3, -0.25) is 4.90 Å². The predicted molar refractivity (Wildman–Crippen MR) is 145 cm³/mol. The summed E-state index contributed by atoms with van der Waals surface area (Å²) >= 11 is 12.6. The van der Waals surface area contributed by atoms with E-state index in [1.165, 1.54) is 0 Å². The largest absolute Gasteiger partial charge is 0.395 e. The maximum absolute atomic E-state index is 12.0. The molecule has 0 bridgehead atoms. The lowest BCUT2D eigenvalue weighted by atomic mass is 9.89. The minimum atomic E-state index is -0.502. The molecule has 192 valence electrons. The first-order chi connectivity index (χ1) is 17.4. The van der Waals surface area contributed by atoms with Crippen molar-refractivity contribution in [2.75, 3.05) is 44.2 Å². The number of aliphatic hydroxyl groups is 1. The lowest BCUT2D eigenvalue weighted by molar-refractivity contribution is -0.115. The van der Waals surface area contributed by atoms with Crippen molar-refractivity contribution in [1.29, 1.82) is 0 Å². The van der Waals surface area contributed by atoms with Crippen LogP contribution >= 0.6 is 23.2 Å². The Kier molecular flexibility index (Phi) is 7.56. The number of nitrogens with zero attached hydrogens (tertiary/aromatic N) is 4. The fourth-order valence-corrected chi connectivity index (χ4v) is 6.21. The van der Waals surface area contributed by atoms with Crippen LogP contribution in [0.15, 0.2) is 42.7 Å². The second-order valence-corrected chi connectivity index (χ2v) is 10.9. The number of aliphatic hydroxyl groups excluding tert-OH is 1. The fourth-order valence-electron chi connectivity index (χ4n) is 5.65. The topological polar surface area (TPSA) is 73.6 Å². The highest BCUT2D eigenvalue weighted by Crippen LogP contribution is 2.32. The third kappa shape index (κ3) is 5.00. The van der Waals surface area contributed by atoms with Crippen LogP contribution in [-0.4, -0.2) is 76.8 Å². The van der Waals surface area contributed by atoms with E-state index in [9.17, 15) is 9.90 Å². The Labute approximate surface area is 222 Å². The van der Waals surface area contributed by atoms with Gasteiger partial charge in [0.15, 0.2) is 0 Å². The second-order valence-electron chi connectivity index (χ2n) is 10.1. The van der Waals surface area contributed by atoms with Crippen molar-refractivity contribution >= 4 is 46.2 Å². The molecule has 3 aromatic rings. The Hall–Kier alpha value is -2.16. The number of aldehydes is 1. The van der Waals surface area contributed by atoms with Crippen LogP contribution in [-0.2, 0) is 4.79 Å². The molecule has 2 N–H and O–H groups in total. The first-order valence-electron chi connectivity index (χ1n) is 12.7. The van der Waals surface area contributed by atoms with Crippen molar-refractivity contribution in [3.05, 3.63) is 58.3 Å². The van der Waals surface area contributed by atoms with Crippen LogP contribution in [0.2, 0.25) is 10.0 Å². The van der Waals surface area contributed by atoms with Crippen LogP contribution in [0.25, 0.3) is 11.0 Å². The number of hydrogen-bond acceptors (Lipinski definition) is 6.